The van der Waals surface area contributed by atoms with E-state index in [2.05, 4.69) is 39.8 Å². The van der Waals surface area contributed by atoms with Gasteiger partial charge in [0.25, 0.3) is 0 Å². The van der Waals surface area contributed by atoms with E-state index in [0.717, 1.165) is 0 Å². The van der Waals surface area contributed by atoms with Gasteiger partial charge in [-0.1, -0.05) is 87.8 Å². The summed E-state index contributed by atoms with van der Waals surface area (Å²) in [5, 5.41) is 0. The van der Waals surface area contributed by atoms with E-state index in [-0.39, 0.29) is 20.4 Å². The molecule has 2 aliphatic rings. The predicted octanol–water partition coefficient (Wildman–Crippen LogP) is 7.06. The summed E-state index contributed by atoms with van der Waals surface area (Å²) in [6.45, 7) is 9.32. The van der Waals surface area contributed by atoms with Crippen LogP contribution in [0.1, 0.15) is 91.9 Å². The van der Waals surface area contributed by atoms with Gasteiger partial charge < -0.3 is 0 Å². The van der Waals surface area contributed by atoms with E-state index in [1.165, 1.54) is 64.2 Å². The summed E-state index contributed by atoms with van der Waals surface area (Å²) in [4.78, 5) is 0. The van der Waals surface area contributed by atoms with Crippen molar-refractivity contribution in [1.29, 1.82) is 0 Å². The Morgan fingerprint density at radius 3 is 1.39 bits per heavy atom. The number of allylic oxidation sites excluding steroid dienone is 8. The zero-order chi connectivity index (χ0) is 16.7. The Labute approximate surface area is 153 Å². The normalized spacial score (nSPS) is 17.7. The van der Waals surface area contributed by atoms with Gasteiger partial charge in [-0.2, -0.15) is 7.40 Å². The summed E-state index contributed by atoms with van der Waals surface area (Å²) in [6, 6.07) is 0. The molecule has 0 N–H and O–H groups in total. The van der Waals surface area contributed by atoms with Crippen LogP contribution in [0, 0.1) is 0 Å². The minimum atomic E-state index is -0.214. The van der Waals surface area contributed by atoms with Gasteiger partial charge in [-0.3, -0.25) is 0 Å². The van der Waals surface area contributed by atoms with Crippen LogP contribution in [-0.2, 0) is 0 Å². The van der Waals surface area contributed by atoms with Crippen molar-refractivity contribution in [3.8, 4) is 0 Å². The predicted molar refractivity (Wildman–Crippen MR) is 105 cm³/mol. The zero-order valence-electron chi connectivity index (χ0n) is 15.9. The van der Waals surface area contributed by atoms with Crippen molar-refractivity contribution in [2.45, 2.75) is 91.9 Å². The summed E-state index contributed by atoms with van der Waals surface area (Å²) >= 11 is -0.214. The molecule has 0 spiro atoms. The molecule has 0 atom stereocenters. The Kier molecular flexibility index (Phi) is 8.19. The summed E-state index contributed by atoms with van der Waals surface area (Å²) < 4.78 is 3.76. The van der Waals surface area contributed by atoms with Crippen molar-refractivity contribution in [3.63, 3.8) is 0 Å². The smallest absolute Gasteiger partial charge is 0.179 e. The highest BCUT2D eigenvalue weighted by Gasteiger charge is 2.23. The second-order valence-electron chi connectivity index (χ2n) is 7.21. The van der Waals surface area contributed by atoms with Crippen molar-refractivity contribution in [3.05, 3.63) is 41.8 Å². The highest BCUT2D eigenvalue weighted by molar-refractivity contribution is 6.55. The second kappa shape index (κ2) is 9.89. The van der Waals surface area contributed by atoms with Gasteiger partial charge >= 0.3 is 20.4 Å². The van der Waals surface area contributed by atoms with E-state index in [9.17, 15) is 0 Å². The topological polar surface area (TPSA) is 0 Å². The molecule has 23 heavy (non-hydrogen) atoms. The third-order valence-electron chi connectivity index (χ3n) is 5.28. The molecule has 124 valence electrons. The largest absolute Gasteiger partial charge is 0.439 e. The van der Waals surface area contributed by atoms with Gasteiger partial charge in [-0.25, -0.2) is 0 Å². The molecule has 0 aliphatic heterocycles. The Morgan fingerprint density at radius 1 is 0.652 bits per heavy atom. The minimum Gasteiger partial charge on any atom is -0.179 e. The lowest BCUT2D eigenvalue weighted by molar-refractivity contribution is 0.855. The summed E-state index contributed by atoms with van der Waals surface area (Å²) in [7, 11) is 0. The molecule has 0 unspecified atom stereocenters. The molecule has 2 aliphatic carbocycles. The molecule has 0 aromatic heterocycles. The maximum Gasteiger partial charge on any atom is 0.439 e. The van der Waals surface area contributed by atoms with E-state index in [4.69, 9.17) is 0 Å². The van der Waals surface area contributed by atoms with Gasteiger partial charge in [-0.15, -0.1) is 0 Å². The van der Waals surface area contributed by atoms with Gasteiger partial charge in [0, 0.05) is 0 Å². The minimum absolute atomic E-state index is 0.214. The fraction of sp³-hybridized carbons (Fsp3) is 0.636. The van der Waals surface area contributed by atoms with Crippen molar-refractivity contribution >= 4 is 20.4 Å². The van der Waals surface area contributed by atoms with Crippen LogP contribution >= 0.6 is 0 Å². The van der Waals surface area contributed by atoms with Crippen LogP contribution in [0.25, 0.3) is 0 Å². The average molecular weight is 323 g/mol. The first-order valence-corrected chi connectivity index (χ1v) is 11.5. The van der Waals surface area contributed by atoms with Gasteiger partial charge in [0.2, 0.25) is 0 Å². The third-order valence-corrected chi connectivity index (χ3v) is 7.57. The number of hydrogen-bond acceptors (Lipinski definition) is 0. The van der Waals surface area contributed by atoms with Crippen LogP contribution in [0.3, 0.4) is 0 Å². The lowest BCUT2D eigenvalue weighted by atomic mass is 10.0. The molecule has 0 radical (unpaired) electrons. The highest BCUT2D eigenvalue weighted by atomic mass is 24.5. The number of hydrogen-bond donors (Lipinski definition) is 0. The fourth-order valence-electron chi connectivity index (χ4n) is 4.27. The molecular weight excluding hydrogens is 289 g/mol. The fourth-order valence-corrected chi connectivity index (χ4v) is 6.60. The van der Waals surface area contributed by atoms with Gasteiger partial charge in [0.1, 0.15) is 0 Å². The summed E-state index contributed by atoms with van der Waals surface area (Å²) in [6.07, 6.45) is 18.1. The average Bonchev–Trinajstić information content (AvgIpc) is 3.09. The van der Waals surface area contributed by atoms with Gasteiger partial charge in [-0.05, 0) is 38.5 Å². The van der Waals surface area contributed by atoms with Crippen LogP contribution in [-0.4, -0.2) is 20.4 Å². The first-order chi connectivity index (χ1) is 11.2. The Morgan fingerprint density at radius 2 is 1.04 bits per heavy atom. The molecule has 0 bridgehead atoms. The highest BCUT2D eigenvalue weighted by Crippen LogP contribution is 2.37. The lowest BCUT2D eigenvalue weighted by Gasteiger charge is -2.14. The molecule has 0 nitrogen and oxygen atoms in total. The van der Waals surface area contributed by atoms with Crippen molar-refractivity contribution < 1.29 is 0 Å². The molecule has 0 saturated heterocycles. The third kappa shape index (κ3) is 4.86. The Balaban J connectivity index is 2.19. The van der Waals surface area contributed by atoms with Crippen molar-refractivity contribution in [1.82, 2.24) is 0 Å². The van der Waals surface area contributed by atoms with Gasteiger partial charge in [0.05, 0.1) is 0 Å². The monoisotopic (exact) mass is 322 g/mol. The molecular formula is C22H34Mg. The quantitative estimate of drug-likeness (QED) is 0.378. The van der Waals surface area contributed by atoms with E-state index in [0.29, 0.717) is 0 Å². The van der Waals surface area contributed by atoms with E-state index < -0.39 is 0 Å². The molecule has 0 aromatic carbocycles. The van der Waals surface area contributed by atoms with E-state index >= 15 is 0 Å². The van der Waals surface area contributed by atoms with E-state index in [1.807, 2.05) is 7.40 Å². The van der Waals surface area contributed by atoms with Crippen LogP contribution in [0.4, 0.5) is 0 Å². The summed E-state index contributed by atoms with van der Waals surface area (Å²) in [5.74, 6) is 0. The maximum atomic E-state index is 2.56. The molecule has 1 heteroatoms. The van der Waals surface area contributed by atoms with Crippen LogP contribution in [0.5, 0.6) is 0 Å². The SMILES string of the molecule is CCCC1=CC[C]([Mg][C]2=C(CCC)C(CCC)=CC2)=C1CCC. The molecule has 0 aromatic rings. The van der Waals surface area contributed by atoms with Crippen LogP contribution in [0.2, 0.25) is 0 Å². The first-order valence-electron chi connectivity index (χ1n) is 10.1. The van der Waals surface area contributed by atoms with Crippen molar-refractivity contribution in [2.75, 3.05) is 0 Å². The molecule has 0 heterocycles. The van der Waals surface area contributed by atoms with E-state index in [1.54, 1.807) is 22.3 Å². The lowest BCUT2D eigenvalue weighted by Crippen LogP contribution is -2.04. The molecule has 0 fully saturated rings. The van der Waals surface area contributed by atoms with Crippen LogP contribution in [0.15, 0.2) is 41.8 Å². The maximum absolute atomic E-state index is 2.56. The van der Waals surface area contributed by atoms with Gasteiger partial charge in [0.15, 0.2) is 0 Å². The van der Waals surface area contributed by atoms with Crippen molar-refractivity contribution in [2.24, 2.45) is 0 Å². The number of rotatable bonds is 10. The summed E-state index contributed by atoms with van der Waals surface area (Å²) in [5.41, 5.74) is 6.98. The second-order valence-corrected chi connectivity index (χ2v) is 9.27. The molecule has 0 amide bonds. The standard InChI is InChI=1S/2C11H17.Mg/c2*1-3-6-10-8-5-9-11(10)7-4-2;/h2*8H,3-7H2,1-2H3;. The zero-order valence-corrected chi connectivity index (χ0v) is 17.3. The molecule has 2 rings (SSSR count). The Hall–Kier alpha value is -0.274. The van der Waals surface area contributed by atoms with Crippen LogP contribution < -0.4 is 0 Å². The molecule has 0 saturated carbocycles. The Bertz CT molecular complexity index is 480. The first kappa shape index (κ1) is 19.1.